The average Bonchev–Trinajstić information content (AvgIpc) is 2.62. The molecule has 3 N–H and O–H groups in total. The van der Waals surface area contributed by atoms with Crippen LogP contribution < -0.4 is 11.1 Å². The number of anilines is 3. The van der Waals surface area contributed by atoms with Crippen molar-refractivity contribution in [1.29, 1.82) is 0 Å². The van der Waals surface area contributed by atoms with Gasteiger partial charge in [0.2, 0.25) is 11.9 Å². The van der Waals surface area contributed by atoms with Gasteiger partial charge in [-0.15, -0.1) is 0 Å². The van der Waals surface area contributed by atoms with E-state index >= 15 is 0 Å². The van der Waals surface area contributed by atoms with Crippen LogP contribution in [0.4, 0.5) is 22.0 Å². The SMILES string of the molecule is Nc1nc(COC(=O)c2ccccc2)nc(Nc2ccc(F)cc2)n1. The predicted octanol–water partition coefficient (Wildman–Crippen LogP) is 2.69. The number of hydrogen-bond acceptors (Lipinski definition) is 7. The largest absolute Gasteiger partial charge is 0.454 e. The number of aromatic nitrogens is 3. The topological polar surface area (TPSA) is 103 Å². The minimum absolute atomic E-state index is 0.0228. The number of nitrogens with zero attached hydrogens (tertiary/aromatic N) is 3. The molecule has 1 heterocycles. The fourth-order valence-electron chi connectivity index (χ4n) is 2.01. The Morgan fingerprint density at radius 3 is 2.48 bits per heavy atom. The molecule has 0 saturated heterocycles. The van der Waals surface area contributed by atoms with E-state index in [-0.39, 0.29) is 30.1 Å². The first-order valence-corrected chi connectivity index (χ1v) is 7.35. The van der Waals surface area contributed by atoms with Gasteiger partial charge in [0.15, 0.2) is 12.4 Å². The highest BCUT2D eigenvalue weighted by Crippen LogP contribution is 2.14. The molecule has 3 rings (SSSR count). The van der Waals surface area contributed by atoms with Crippen molar-refractivity contribution in [3.05, 3.63) is 71.8 Å². The van der Waals surface area contributed by atoms with Gasteiger partial charge in [0.1, 0.15) is 5.82 Å². The third kappa shape index (κ3) is 4.47. The molecule has 0 atom stereocenters. The van der Waals surface area contributed by atoms with E-state index < -0.39 is 5.97 Å². The third-order valence-corrected chi connectivity index (χ3v) is 3.14. The normalized spacial score (nSPS) is 10.3. The third-order valence-electron chi connectivity index (χ3n) is 3.14. The number of nitrogen functional groups attached to an aromatic ring is 1. The first-order chi connectivity index (χ1) is 12.1. The van der Waals surface area contributed by atoms with Gasteiger partial charge in [0.25, 0.3) is 0 Å². The van der Waals surface area contributed by atoms with Crippen LogP contribution in [0.25, 0.3) is 0 Å². The van der Waals surface area contributed by atoms with Gasteiger partial charge in [-0.1, -0.05) is 18.2 Å². The number of rotatable bonds is 5. The summed E-state index contributed by atoms with van der Waals surface area (Å²) in [4.78, 5) is 23.9. The number of esters is 1. The molecular formula is C17H14FN5O2. The molecule has 0 aliphatic rings. The van der Waals surface area contributed by atoms with E-state index in [2.05, 4.69) is 20.3 Å². The Morgan fingerprint density at radius 1 is 1.04 bits per heavy atom. The van der Waals surface area contributed by atoms with Crippen LogP contribution in [0.1, 0.15) is 16.2 Å². The second-order valence-electron chi connectivity index (χ2n) is 5.01. The molecule has 0 unspecified atom stereocenters. The highest BCUT2D eigenvalue weighted by atomic mass is 19.1. The fraction of sp³-hybridized carbons (Fsp3) is 0.0588. The van der Waals surface area contributed by atoms with Gasteiger partial charge in [-0.3, -0.25) is 0 Å². The van der Waals surface area contributed by atoms with E-state index in [1.54, 1.807) is 30.3 Å². The zero-order valence-corrected chi connectivity index (χ0v) is 13.0. The molecular weight excluding hydrogens is 325 g/mol. The zero-order valence-electron chi connectivity index (χ0n) is 13.0. The van der Waals surface area contributed by atoms with Crippen molar-refractivity contribution in [1.82, 2.24) is 15.0 Å². The maximum absolute atomic E-state index is 12.9. The number of nitrogens with two attached hydrogens (primary N) is 1. The first kappa shape index (κ1) is 16.3. The molecule has 1 aromatic heterocycles. The van der Waals surface area contributed by atoms with Crippen LogP contribution >= 0.6 is 0 Å². The van der Waals surface area contributed by atoms with Gasteiger partial charge in [0.05, 0.1) is 5.56 Å². The van der Waals surface area contributed by atoms with Crippen molar-refractivity contribution < 1.29 is 13.9 Å². The van der Waals surface area contributed by atoms with E-state index in [9.17, 15) is 9.18 Å². The summed E-state index contributed by atoms with van der Waals surface area (Å²) in [6, 6.07) is 14.2. The summed E-state index contributed by atoms with van der Waals surface area (Å²) < 4.78 is 18.1. The molecule has 0 radical (unpaired) electrons. The summed E-state index contributed by atoms with van der Waals surface area (Å²) in [5.41, 5.74) is 6.66. The lowest BCUT2D eigenvalue weighted by atomic mass is 10.2. The summed E-state index contributed by atoms with van der Waals surface area (Å²) in [5, 5.41) is 2.88. The summed E-state index contributed by atoms with van der Waals surface area (Å²) >= 11 is 0. The Kier molecular flexibility index (Phi) is 4.79. The van der Waals surface area contributed by atoms with Crippen LogP contribution in [0.5, 0.6) is 0 Å². The van der Waals surface area contributed by atoms with E-state index in [4.69, 9.17) is 10.5 Å². The lowest BCUT2D eigenvalue weighted by Crippen LogP contribution is -2.11. The average molecular weight is 339 g/mol. The lowest BCUT2D eigenvalue weighted by Gasteiger charge is -2.08. The zero-order chi connectivity index (χ0) is 17.6. The minimum Gasteiger partial charge on any atom is -0.454 e. The molecule has 8 heteroatoms. The van der Waals surface area contributed by atoms with E-state index in [1.807, 2.05) is 0 Å². The van der Waals surface area contributed by atoms with Gasteiger partial charge < -0.3 is 15.8 Å². The van der Waals surface area contributed by atoms with Gasteiger partial charge >= 0.3 is 5.97 Å². The molecule has 2 aromatic carbocycles. The Balaban J connectivity index is 1.69. The molecule has 3 aromatic rings. The van der Waals surface area contributed by atoms with Crippen molar-refractivity contribution in [3.63, 3.8) is 0 Å². The summed E-state index contributed by atoms with van der Waals surface area (Å²) in [5.74, 6) is -0.501. The Labute approximate surface area is 142 Å². The number of ether oxygens (including phenoxy) is 1. The van der Waals surface area contributed by atoms with Crippen molar-refractivity contribution in [2.75, 3.05) is 11.1 Å². The summed E-state index contributed by atoms with van der Waals surface area (Å²) in [6.45, 7) is -0.154. The van der Waals surface area contributed by atoms with Crippen LogP contribution in [0.2, 0.25) is 0 Å². The van der Waals surface area contributed by atoms with Crippen molar-refractivity contribution in [3.8, 4) is 0 Å². The van der Waals surface area contributed by atoms with Gasteiger partial charge in [0, 0.05) is 5.69 Å². The fourth-order valence-corrected chi connectivity index (χ4v) is 2.01. The highest BCUT2D eigenvalue weighted by Gasteiger charge is 2.10. The van der Waals surface area contributed by atoms with Gasteiger partial charge in [-0.25, -0.2) is 9.18 Å². The first-order valence-electron chi connectivity index (χ1n) is 7.35. The summed E-state index contributed by atoms with van der Waals surface area (Å²) in [7, 11) is 0. The van der Waals surface area contributed by atoms with E-state index in [1.165, 1.54) is 24.3 Å². The quantitative estimate of drug-likeness (QED) is 0.689. The van der Waals surface area contributed by atoms with Crippen LogP contribution in [0, 0.1) is 5.82 Å². The molecule has 7 nitrogen and oxygen atoms in total. The highest BCUT2D eigenvalue weighted by molar-refractivity contribution is 5.89. The number of benzene rings is 2. The van der Waals surface area contributed by atoms with Crippen molar-refractivity contribution in [2.45, 2.75) is 6.61 Å². The lowest BCUT2D eigenvalue weighted by molar-refractivity contribution is 0.0462. The number of carbonyl (C=O) groups is 1. The van der Waals surface area contributed by atoms with Crippen LogP contribution in [0.3, 0.4) is 0 Å². The van der Waals surface area contributed by atoms with Crippen LogP contribution in [0.15, 0.2) is 54.6 Å². The second-order valence-corrected chi connectivity index (χ2v) is 5.01. The molecule has 126 valence electrons. The summed E-state index contributed by atoms with van der Waals surface area (Å²) in [6.07, 6.45) is 0. The number of halogens is 1. The second kappa shape index (κ2) is 7.35. The molecule has 25 heavy (non-hydrogen) atoms. The smallest absolute Gasteiger partial charge is 0.338 e. The maximum atomic E-state index is 12.9. The molecule has 0 aliphatic carbocycles. The van der Waals surface area contributed by atoms with Gasteiger partial charge in [-0.05, 0) is 36.4 Å². The predicted molar refractivity (Wildman–Crippen MR) is 89.5 cm³/mol. The molecule has 0 amide bonds. The Hall–Kier alpha value is -3.55. The monoisotopic (exact) mass is 339 g/mol. The number of hydrogen-bond donors (Lipinski definition) is 2. The standard InChI is InChI=1S/C17H14FN5O2/c18-12-6-8-13(9-7-12)20-17-22-14(21-16(19)23-17)10-25-15(24)11-4-2-1-3-5-11/h1-9H,10H2,(H3,19,20,21,22,23). The van der Waals surface area contributed by atoms with E-state index in [0.29, 0.717) is 11.3 Å². The maximum Gasteiger partial charge on any atom is 0.338 e. The molecule has 0 bridgehead atoms. The molecule has 0 fully saturated rings. The van der Waals surface area contributed by atoms with E-state index in [0.717, 1.165) is 0 Å². The number of nitrogens with one attached hydrogen (secondary N) is 1. The molecule has 0 saturated carbocycles. The Morgan fingerprint density at radius 2 is 1.76 bits per heavy atom. The van der Waals surface area contributed by atoms with Gasteiger partial charge in [-0.2, -0.15) is 15.0 Å². The van der Waals surface area contributed by atoms with Crippen LogP contribution in [-0.2, 0) is 11.3 Å². The Bertz CT molecular complexity index is 872. The van der Waals surface area contributed by atoms with Crippen molar-refractivity contribution >= 4 is 23.6 Å². The molecule has 0 spiro atoms. The minimum atomic E-state index is -0.493. The van der Waals surface area contributed by atoms with Crippen LogP contribution in [-0.4, -0.2) is 20.9 Å². The number of carbonyl (C=O) groups excluding carboxylic acids is 1. The van der Waals surface area contributed by atoms with Crippen molar-refractivity contribution in [2.24, 2.45) is 0 Å². The molecule has 0 aliphatic heterocycles.